The van der Waals surface area contributed by atoms with E-state index in [1.807, 2.05) is 0 Å². The van der Waals surface area contributed by atoms with Gasteiger partial charge in [0, 0.05) is 11.5 Å². The average molecular weight is 221 g/mol. The van der Waals surface area contributed by atoms with E-state index >= 15 is 0 Å². The first kappa shape index (κ1) is 10.8. The van der Waals surface area contributed by atoms with Crippen molar-refractivity contribution in [2.75, 3.05) is 0 Å². The molecule has 0 atom stereocenters. The van der Waals surface area contributed by atoms with Gasteiger partial charge in [-0.2, -0.15) is 0 Å². The fourth-order valence-electron chi connectivity index (χ4n) is 1.72. The lowest BCUT2D eigenvalue weighted by atomic mass is 9.76. The third-order valence-corrected chi connectivity index (χ3v) is 2.56. The molecule has 1 heterocycles. The van der Waals surface area contributed by atoms with Crippen LogP contribution in [-0.4, -0.2) is 22.2 Å². The molecule has 0 amide bonds. The first-order valence-electron chi connectivity index (χ1n) is 4.69. The van der Waals surface area contributed by atoms with Crippen LogP contribution in [0.5, 0.6) is 0 Å². The number of nitrogens with one attached hydrogen (secondary N) is 1. The molecule has 6 heteroatoms. The normalized spacial score (nSPS) is 10.8. The van der Waals surface area contributed by atoms with E-state index in [2.05, 4.69) is 4.98 Å². The van der Waals surface area contributed by atoms with Crippen molar-refractivity contribution in [1.29, 1.82) is 0 Å². The third kappa shape index (κ3) is 1.62. The Morgan fingerprint density at radius 3 is 2.69 bits per heavy atom. The summed E-state index contributed by atoms with van der Waals surface area (Å²) in [5.74, 6) is -0.679. The van der Waals surface area contributed by atoms with Crippen molar-refractivity contribution >= 4 is 23.5 Å². The first-order valence-corrected chi connectivity index (χ1v) is 4.69. The van der Waals surface area contributed by atoms with E-state index in [0.717, 1.165) is 6.07 Å². The molecule has 16 heavy (non-hydrogen) atoms. The number of H-pyrrole nitrogens is 1. The van der Waals surface area contributed by atoms with E-state index in [0.29, 0.717) is 10.9 Å². The van der Waals surface area contributed by atoms with E-state index in [4.69, 9.17) is 10.0 Å². The SMILES string of the molecule is Cc1c(B(O)O)cc(F)c2[nH]c(=O)ccc12. The molecule has 0 unspecified atom stereocenters. The molecular formula is C10H9BFNO3. The summed E-state index contributed by atoms with van der Waals surface area (Å²) >= 11 is 0. The molecule has 0 saturated carbocycles. The number of fused-ring (bicyclic) bond motifs is 1. The first-order chi connectivity index (χ1) is 7.50. The minimum atomic E-state index is -1.73. The van der Waals surface area contributed by atoms with Gasteiger partial charge < -0.3 is 15.0 Å². The maximum atomic E-state index is 13.6. The van der Waals surface area contributed by atoms with Gasteiger partial charge in [-0.15, -0.1) is 0 Å². The van der Waals surface area contributed by atoms with Crippen LogP contribution in [0.15, 0.2) is 23.0 Å². The Kier molecular flexibility index (Phi) is 2.53. The standard InChI is InChI=1S/C10H9BFNO3/c1-5-6-2-3-9(14)13-10(6)8(12)4-7(5)11(15)16/h2-4,15-16H,1H3,(H,13,14). The summed E-state index contributed by atoms with van der Waals surface area (Å²) in [5, 5.41) is 18.6. The summed E-state index contributed by atoms with van der Waals surface area (Å²) in [6, 6.07) is 3.74. The Labute approximate surface area is 90.5 Å². The predicted molar refractivity (Wildman–Crippen MR) is 59.1 cm³/mol. The monoisotopic (exact) mass is 221 g/mol. The minimum absolute atomic E-state index is 0.0781. The van der Waals surface area contributed by atoms with Crippen LogP contribution in [0.4, 0.5) is 4.39 Å². The lowest BCUT2D eigenvalue weighted by Crippen LogP contribution is -2.33. The highest BCUT2D eigenvalue weighted by molar-refractivity contribution is 6.59. The molecule has 2 aromatic rings. The highest BCUT2D eigenvalue weighted by Crippen LogP contribution is 2.16. The van der Waals surface area contributed by atoms with E-state index in [9.17, 15) is 9.18 Å². The molecule has 0 spiro atoms. The molecule has 0 fully saturated rings. The molecule has 0 aliphatic rings. The molecule has 0 bridgehead atoms. The van der Waals surface area contributed by atoms with Gasteiger partial charge in [-0.3, -0.25) is 4.79 Å². The van der Waals surface area contributed by atoms with Crippen molar-refractivity contribution < 1.29 is 14.4 Å². The van der Waals surface area contributed by atoms with Crippen LogP contribution in [0.25, 0.3) is 10.9 Å². The molecule has 0 aliphatic heterocycles. The van der Waals surface area contributed by atoms with Gasteiger partial charge >= 0.3 is 7.12 Å². The van der Waals surface area contributed by atoms with Crippen LogP contribution >= 0.6 is 0 Å². The Morgan fingerprint density at radius 1 is 1.38 bits per heavy atom. The maximum absolute atomic E-state index is 13.6. The van der Waals surface area contributed by atoms with Gasteiger partial charge in [-0.05, 0) is 30.1 Å². The topological polar surface area (TPSA) is 73.3 Å². The number of aromatic amines is 1. The van der Waals surface area contributed by atoms with Crippen LogP contribution in [0, 0.1) is 12.7 Å². The highest BCUT2D eigenvalue weighted by Gasteiger charge is 2.18. The molecular weight excluding hydrogens is 212 g/mol. The molecule has 0 aliphatic carbocycles. The van der Waals surface area contributed by atoms with E-state index in [1.165, 1.54) is 12.1 Å². The van der Waals surface area contributed by atoms with Crippen LogP contribution in [0.1, 0.15) is 5.56 Å². The van der Waals surface area contributed by atoms with Crippen molar-refractivity contribution in [3.63, 3.8) is 0 Å². The number of hydrogen-bond donors (Lipinski definition) is 3. The maximum Gasteiger partial charge on any atom is 0.488 e. The van der Waals surface area contributed by atoms with Gasteiger partial charge in [0.25, 0.3) is 0 Å². The van der Waals surface area contributed by atoms with Crippen molar-refractivity contribution in [2.24, 2.45) is 0 Å². The van der Waals surface area contributed by atoms with Crippen LogP contribution < -0.4 is 11.0 Å². The van der Waals surface area contributed by atoms with Crippen molar-refractivity contribution in [3.05, 3.63) is 39.9 Å². The third-order valence-electron chi connectivity index (χ3n) is 2.56. The fraction of sp³-hybridized carbons (Fsp3) is 0.100. The summed E-state index contributed by atoms with van der Waals surface area (Å²) in [6.07, 6.45) is 0. The van der Waals surface area contributed by atoms with Crippen LogP contribution in [0.2, 0.25) is 0 Å². The number of aromatic nitrogens is 1. The lowest BCUT2D eigenvalue weighted by molar-refractivity contribution is 0.425. The Morgan fingerprint density at radius 2 is 2.06 bits per heavy atom. The number of pyridine rings is 1. The predicted octanol–water partition coefficient (Wildman–Crippen LogP) is -0.345. The molecule has 1 aromatic heterocycles. The van der Waals surface area contributed by atoms with E-state index in [-0.39, 0.29) is 11.0 Å². The molecule has 82 valence electrons. The quantitative estimate of drug-likeness (QED) is 0.576. The smallest absolute Gasteiger partial charge is 0.423 e. The van der Waals surface area contributed by atoms with Crippen molar-refractivity contribution in [2.45, 2.75) is 6.92 Å². The number of aryl methyl sites for hydroxylation is 1. The lowest BCUT2D eigenvalue weighted by Gasteiger charge is -2.09. The Bertz CT molecular complexity index is 609. The zero-order valence-electron chi connectivity index (χ0n) is 8.49. The van der Waals surface area contributed by atoms with Gasteiger partial charge in [0.05, 0.1) is 5.52 Å². The summed E-state index contributed by atoms with van der Waals surface area (Å²) in [7, 11) is -1.73. The van der Waals surface area contributed by atoms with Gasteiger partial charge in [0.1, 0.15) is 5.82 Å². The second kappa shape index (κ2) is 3.73. The number of hydrogen-bond acceptors (Lipinski definition) is 3. The zero-order chi connectivity index (χ0) is 11.9. The second-order valence-corrected chi connectivity index (χ2v) is 3.56. The molecule has 0 radical (unpaired) electrons. The molecule has 4 nitrogen and oxygen atoms in total. The fourth-order valence-corrected chi connectivity index (χ4v) is 1.72. The summed E-state index contributed by atoms with van der Waals surface area (Å²) in [6.45, 7) is 1.63. The summed E-state index contributed by atoms with van der Waals surface area (Å²) in [4.78, 5) is 13.4. The highest BCUT2D eigenvalue weighted by atomic mass is 19.1. The Hall–Kier alpha value is -1.66. The zero-order valence-corrected chi connectivity index (χ0v) is 8.49. The molecule has 2 rings (SSSR count). The number of rotatable bonds is 1. The average Bonchev–Trinajstić information content (AvgIpc) is 2.22. The summed E-state index contributed by atoms with van der Waals surface area (Å²) < 4.78 is 13.6. The van der Waals surface area contributed by atoms with Crippen molar-refractivity contribution in [3.8, 4) is 0 Å². The van der Waals surface area contributed by atoms with Gasteiger partial charge in [0.15, 0.2) is 0 Å². The Balaban J connectivity index is 2.90. The minimum Gasteiger partial charge on any atom is -0.423 e. The van der Waals surface area contributed by atoms with E-state index < -0.39 is 18.5 Å². The van der Waals surface area contributed by atoms with Crippen molar-refractivity contribution in [1.82, 2.24) is 4.98 Å². The largest absolute Gasteiger partial charge is 0.488 e. The molecule has 3 N–H and O–H groups in total. The summed E-state index contributed by atoms with van der Waals surface area (Å²) in [5.41, 5.74) is 0.303. The van der Waals surface area contributed by atoms with Crippen LogP contribution in [-0.2, 0) is 0 Å². The second-order valence-electron chi connectivity index (χ2n) is 3.56. The van der Waals surface area contributed by atoms with Gasteiger partial charge in [-0.1, -0.05) is 0 Å². The van der Waals surface area contributed by atoms with Gasteiger partial charge in [0.2, 0.25) is 5.56 Å². The molecule has 1 aromatic carbocycles. The van der Waals surface area contributed by atoms with Gasteiger partial charge in [-0.25, -0.2) is 4.39 Å². The number of halogens is 1. The number of benzene rings is 1. The van der Waals surface area contributed by atoms with E-state index in [1.54, 1.807) is 6.92 Å². The van der Waals surface area contributed by atoms with Crippen LogP contribution in [0.3, 0.4) is 0 Å². The molecule has 0 saturated heterocycles.